The van der Waals surface area contributed by atoms with E-state index in [1.165, 1.54) is 43.5 Å². The number of piperazine rings is 1. The molecule has 10 rings (SSSR count). The van der Waals surface area contributed by atoms with E-state index in [0.29, 0.717) is 121 Å². The first-order valence-corrected chi connectivity index (χ1v) is 41.4. The highest BCUT2D eigenvalue weighted by molar-refractivity contribution is 7.89. The zero-order chi connectivity index (χ0) is 77.6. The molecule has 6 N–H and O–H groups in total. The van der Waals surface area contributed by atoms with Gasteiger partial charge in [0.15, 0.2) is 11.8 Å². The van der Waals surface area contributed by atoms with Crippen molar-refractivity contribution in [3.05, 3.63) is 180 Å². The summed E-state index contributed by atoms with van der Waals surface area (Å²) in [6.07, 6.45) is 9.68. The van der Waals surface area contributed by atoms with Crippen molar-refractivity contribution in [3.63, 3.8) is 0 Å². The zero-order valence-electron chi connectivity index (χ0n) is 59.6. The molecule has 0 spiro atoms. The fourth-order valence-corrected chi connectivity index (χ4v) is 18.1. The topological polar surface area (TPSA) is 388 Å². The second kappa shape index (κ2) is 33.0. The normalized spacial score (nSPS) is 16.3. The maximum Gasteiger partial charge on any atom is 0.407 e. The Labute approximate surface area is 622 Å². The smallest absolute Gasteiger partial charge is 0.407 e. The fraction of sp³-hybridized carbons (Fsp3) is 0.351. The van der Waals surface area contributed by atoms with E-state index in [4.69, 9.17) is 19.0 Å². The molecular weight excluding hydrogens is 1490 g/mol. The van der Waals surface area contributed by atoms with E-state index in [9.17, 15) is 79.8 Å². The molecule has 107 heavy (non-hydrogen) atoms. The molecule has 7 aromatic rings. The molecular formula is C74H85N6O22S5+. The summed E-state index contributed by atoms with van der Waals surface area (Å²) in [5.74, 6) is -0.940. The Morgan fingerprint density at radius 3 is 1.80 bits per heavy atom. The Bertz CT molecular complexity index is 5280. The predicted octanol–water partition coefficient (Wildman–Crippen LogP) is 9.96. The van der Waals surface area contributed by atoms with Crippen LogP contribution in [0.15, 0.2) is 188 Å². The highest BCUT2D eigenvalue weighted by atomic mass is 32.2. The number of carbonyl (C=O) groups is 3. The first kappa shape index (κ1) is 80.7. The summed E-state index contributed by atoms with van der Waals surface area (Å²) in [5.41, 5.74) is 3.97. The van der Waals surface area contributed by atoms with Gasteiger partial charge in [0.05, 0.1) is 47.0 Å². The van der Waals surface area contributed by atoms with Crippen LogP contribution in [0.25, 0.3) is 32.7 Å². The molecule has 28 nitrogen and oxygen atoms in total. The number of fused-ring (bicyclic) bond motifs is 6. The number of benzene rings is 7. The Morgan fingerprint density at radius 2 is 1.22 bits per heavy atom. The van der Waals surface area contributed by atoms with Crippen LogP contribution in [0.5, 0.6) is 5.75 Å². The number of hydrogen-bond acceptors (Lipinski definition) is 19. The van der Waals surface area contributed by atoms with Crippen molar-refractivity contribution < 1.29 is 103 Å². The van der Waals surface area contributed by atoms with Crippen LogP contribution in [0, 0.1) is 0 Å². The number of anilines is 1. The highest BCUT2D eigenvalue weighted by Gasteiger charge is 2.47. The van der Waals surface area contributed by atoms with Gasteiger partial charge >= 0.3 is 12.1 Å². The van der Waals surface area contributed by atoms with Crippen LogP contribution in [0.4, 0.5) is 16.2 Å². The Morgan fingerprint density at radius 1 is 0.626 bits per heavy atom. The monoisotopic (exact) mass is 1570 g/mol. The quantitative estimate of drug-likeness (QED) is 0.00750. The number of methoxy groups -OCH3 is 1. The number of unbranched alkanes of at least 4 members (excludes halogenated alkanes) is 2. The summed E-state index contributed by atoms with van der Waals surface area (Å²) in [5, 5.41) is 13.3. The number of aliphatic carboxylic acids is 1. The van der Waals surface area contributed by atoms with Crippen molar-refractivity contribution >= 4 is 107 Å². The summed E-state index contributed by atoms with van der Waals surface area (Å²) in [4.78, 5) is 47.7. The molecule has 0 aromatic heterocycles. The Hall–Kier alpha value is -8.81. The van der Waals surface area contributed by atoms with Gasteiger partial charge in [-0.25, -0.2) is 13.2 Å². The third kappa shape index (κ3) is 18.3. The molecule has 0 unspecified atom stereocenters. The van der Waals surface area contributed by atoms with Crippen LogP contribution in [-0.2, 0) is 91.8 Å². The number of amides is 2. The molecule has 3 heterocycles. The van der Waals surface area contributed by atoms with E-state index in [2.05, 4.69) is 10.2 Å². The maximum atomic E-state index is 14.3. The van der Waals surface area contributed by atoms with Gasteiger partial charge in [0.2, 0.25) is 11.6 Å². The summed E-state index contributed by atoms with van der Waals surface area (Å²) in [6.45, 7) is 11.9. The minimum atomic E-state index is -5.04. The summed E-state index contributed by atoms with van der Waals surface area (Å²) in [6, 6.07) is 30.1. The molecule has 1 atom stereocenters. The average molecular weight is 1570 g/mol. The van der Waals surface area contributed by atoms with Gasteiger partial charge in [0, 0.05) is 97.5 Å². The number of nitrogens with zero attached hydrogens (tertiary/aromatic N) is 5. The third-order valence-corrected chi connectivity index (χ3v) is 24.4. The molecule has 7 aromatic carbocycles. The van der Waals surface area contributed by atoms with Crippen LogP contribution >= 0.6 is 0 Å². The van der Waals surface area contributed by atoms with Crippen molar-refractivity contribution in [3.8, 4) is 16.9 Å². The van der Waals surface area contributed by atoms with Gasteiger partial charge in [0.1, 0.15) is 28.7 Å². The lowest BCUT2D eigenvalue weighted by Crippen LogP contribution is -2.49. The van der Waals surface area contributed by atoms with E-state index in [1.54, 1.807) is 95.9 Å². The number of rotatable bonds is 32. The van der Waals surface area contributed by atoms with Gasteiger partial charge < -0.3 is 34.4 Å². The Balaban J connectivity index is 0.762. The predicted molar refractivity (Wildman–Crippen MR) is 399 cm³/mol. The summed E-state index contributed by atoms with van der Waals surface area (Å²) < 4.78 is 189. The minimum Gasteiger partial charge on any atom is -0.497 e. The standard InChI is InChI=1S/C74H84N6O22S5/c1-7-78-61-32-30-57-59(45-55(104(87,88)89)47-64(57)106(93,94)95)69(61)73(2,3)66(78)19-13-9-14-20-67-74(4,5)70-60-46-56(105(90,91)92)48-65(107(96,97)98)58(60)31-33-62(70)79(67)36-16-10-15-21-68(81)77-39-37-76(38-40-77)41-42-100-43-44-102-80(63(71(82)83)34-35-75-72(84)101-49-50-17-11-8-12-18-50)103(85,86)54-28-24-52(25-29-54)51-22-26-53(99-6)27-23-51/h8-9,11-14,17-20,22-33,45-48,63H,7,10,15-16,21,34-44,49H2,1-6H3,(H5-,75,82,83,84,87,88,89,90,91,92,93,94,95,96,97,98)/p+1/t63-/m1/s1. The number of hydrogen-bond donors (Lipinski definition) is 6. The largest absolute Gasteiger partial charge is 0.497 e. The molecule has 33 heteroatoms. The van der Waals surface area contributed by atoms with Gasteiger partial charge in [0.25, 0.3) is 50.5 Å². The van der Waals surface area contributed by atoms with Crippen LogP contribution < -0.4 is 15.0 Å². The van der Waals surface area contributed by atoms with Crippen molar-refractivity contribution in [2.75, 3.05) is 84.2 Å². The number of sulfonamides is 1. The third-order valence-electron chi connectivity index (χ3n) is 19.2. The molecule has 0 aliphatic carbocycles. The lowest BCUT2D eigenvalue weighted by Gasteiger charge is -2.34. The van der Waals surface area contributed by atoms with Gasteiger partial charge in [-0.3, -0.25) is 37.5 Å². The van der Waals surface area contributed by atoms with Gasteiger partial charge in [-0.1, -0.05) is 104 Å². The molecule has 0 bridgehead atoms. The van der Waals surface area contributed by atoms with Crippen molar-refractivity contribution in [2.45, 2.75) is 115 Å². The lowest BCUT2D eigenvalue weighted by atomic mass is 9.79. The second-order valence-electron chi connectivity index (χ2n) is 26.8. The van der Waals surface area contributed by atoms with E-state index in [0.717, 1.165) is 16.8 Å². The fourth-order valence-electron chi connectivity index (χ4n) is 14.0. The molecule has 0 radical (unpaired) electrons. The van der Waals surface area contributed by atoms with Crippen LogP contribution in [0.3, 0.4) is 0 Å². The number of carbonyl (C=O) groups excluding carboxylic acids is 2. The van der Waals surface area contributed by atoms with Crippen LogP contribution in [0.1, 0.15) is 83.4 Å². The van der Waals surface area contributed by atoms with E-state index < -0.39 is 105 Å². The first-order valence-electron chi connectivity index (χ1n) is 34.2. The summed E-state index contributed by atoms with van der Waals surface area (Å²) in [7, 11) is -23.0. The van der Waals surface area contributed by atoms with Gasteiger partial charge in [-0.2, -0.15) is 38.2 Å². The zero-order valence-corrected chi connectivity index (χ0v) is 63.6. The average Bonchev–Trinajstić information content (AvgIpc) is 1.56. The number of ether oxygens (including phenoxy) is 3. The highest BCUT2D eigenvalue weighted by Crippen LogP contribution is 2.52. The summed E-state index contributed by atoms with van der Waals surface area (Å²) >= 11 is 0. The number of carboxylic acid groups (broad SMARTS) is 1. The lowest BCUT2D eigenvalue weighted by molar-refractivity contribution is -0.433. The second-order valence-corrected chi connectivity index (χ2v) is 34.2. The first-order chi connectivity index (χ1) is 50.5. The molecule has 3 aliphatic rings. The van der Waals surface area contributed by atoms with Gasteiger partial charge in [-0.15, -0.1) is 0 Å². The Kier molecular flexibility index (Phi) is 24.9. The van der Waals surface area contributed by atoms with E-state index >= 15 is 0 Å². The minimum absolute atomic E-state index is 0.0113. The van der Waals surface area contributed by atoms with Crippen molar-refractivity contribution in [1.29, 1.82) is 0 Å². The number of allylic oxidation sites excluding steroid dienone is 6. The molecule has 1 fully saturated rings. The van der Waals surface area contributed by atoms with Crippen LogP contribution in [0.2, 0.25) is 0 Å². The molecule has 0 saturated carbocycles. The van der Waals surface area contributed by atoms with Crippen molar-refractivity contribution in [2.24, 2.45) is 0 Å². The van der Waals surface area contributed by atoms with E-state index in [1.807, 2.05) is 62.3 Å². The SMILES string of the molecule is CC[N+]1=C(/C=C/C=C/C=C2\N(CCCCCC(=O)N3CCN(CCOCCON([C@H](CCNC(=O)OCc4ccccc4)C(=O)O)S(=O)(=O)c4ccc(-c5ccc(OC)cc5)cc4)CC3)c3ccc4c(S(=O)(=O)O)cc(S(=O)(=O)O)cc4c3C2(C)C)C(C)(C)c2c1ccc1c(S(=O)(=O)O)cc(S(=O)(=O)O)cc21. The number of alkyl carbamates (subject to hydrolysis) is 1. The van der Waals surface area contributed by atoms with Gasteiger partial charge in [-0.05, 0) is 140 Å². The maximum absolute atomic E-state index is 14.3. The molecule has 2 amide bonds. The number of hydroxylamine groups is 1. The number of carboxylic acids is 1. The van der Waals surface area contributed by atoms with Crippen LogP contribution in [-0.4, -0.2) is 193 Å². The molecule has 1 saturated heterocycles. The van der Waals surface area contributed by atoms with Crippen molar-refractivity contribution in [1.82, 2.24) is 19.6 Å². The van der Waals surface area contributed by atoms with E-state index in [-0.39, 0.29) is 71.7 Å². The molecule has 572 valence electrons. The number of nitrogens with one attached hydrogen (secondary N) is 1. The molecule has 3 aliphatic heterocycles.